The van der Waals surface area contributed by atoms with Crippen molar-refractivity contribution in [3.05, 3.63) is 20.8 Å². The van der Waals surface area contributed by atoms with Crippen LogP contribution in [-0.2, 0) is 16.1 Å². The Hall–Kier alpha value is -2.13. The third-order valence-corrected chi connectivity index (χ3v) is 6.92. The number of nitrogens with two attached hydrogens (primary N) is 1. The number of carbonyl (C=O) groups excluding carboxylic acids is 1. The number of H-pyrrole nitrogens is 1. The molecule has 174 valence electrons. The molecule has 31 heavy (non-hydrogen) atoms. The standard InChI is InChI=1S/C22H37N5O4/c1-3-4-12-27-20(23)19(21(29)24-22(27)30)26(13-14-31-2)18(28)15-25-11-7-9-16-8-5-6-10-17(16)25/h16-17H,3-15,23H2,1-2H3,(H,24,29,30)/p+1/t16-,17+/m1/s1. The molecule has 1 unspecified atom stereocenters. The molecule has 1 amide bonds. The van der Waals surface area contributed by atoms with E-state index in [0.29, 0.717) is 25.0 Å². The number of hydrogen-bond donors (Lipinski definition) is 3. The van der Waals surface area contributed by atoms with Gasteiger partial charge >= 0.3 is 5.69 Å². The number of fused-ring (bicyclic) bond motifs is 1. The van der Waals surface area contributed by atoms with E-state index in [1.54, 1.807) is 7.11 Å². The molecule has 0 bridgehead atoms. The van der Waals surface area contributed by atoms with E-state index in [1.165, 1.54) is 40.1 Å². The zero-order valence-corrected chi connectivity index (χ0v) is 19.0. The molecule has 9 nitrogen and oxygen atoms in total. The predicted molar refractivity (Wildman–Crippen MR) is 121 cm³/mol. The van der Waals surface area contributed by atoms with Gasteiger partial charge in [-0.2, -0.15) is 0 Å². The van der Waals surface area contributed by atoms with Crippen LogP contribution in [0.3, 0.4) is 0 Å². The topological polar surface area (TPSA) is 115 Å². The zero-order valence-electron chi connectivity index (χ0n) is 19.0. The molecule has 1 saturated carbocycles. The van der Waals surface area contributed by atoms with Crippen molar-refractivity contribution in [3.8, 4) is 0 Å². The summed E-state index contributed by atoms with van der Waals surface area (Å²) in [5, 5.41) is 0. The number of carbonyl (C=O) groups is 1. The molecule has 4 N–H and O–H groups in total. The van der Waals surface area contributed by atoms with Gasteiger partial charge in [0.1, 0.15) is 5.82 Å². The number of ether oxygens (including phenoxy) is 1. The van der Waals surface area contributed by atoms with Gasteiger partial charge in [0.05, 0.1) is 19.2 Å². The number of aromatic nitrogens is 2. The maximum atomic E-state index is 13.5. The van der Waals surface area contributed by atoms with Gasteiger partial charge in [0.2, 0.25) is 0 Å². The number of quaternary nitrogens is 1. The molecule has 2 fully saturated rings. The maximum Gasteiger partial charge on any atom is 0.330 e. The highest BCUT2D eigenvalue weighted by Gasteiger charge is 2.38. The first-order valence-electron chi connectivity index (χ1n) is 11.7. The number of rotatable bonds is 9. The second-order valence-electron chi connectivity index (χ2n) is 8.91. The summed E-state index contributed by atoms with van der Waals surface area (Å²) in [6.07, 6.45) is 8.95. The lowest BCUT2D eigenvalue weighted by Gasteiger charge is -2.41. The minimum absolute atomic E-state index is 0.0517. The van der Waals surface area contributed by atoms with E-state index in [0.717, 1.165) is 32.2 Å². The summed E-state index contributed by atoms with van der Waals surface area (Å²) in [5.74, 6) is 0.606. The summed E-state index contributed by atoms with van der Waals surface area (Å²) in [7, 11) is 1.56. The molecular weight excluding hydrogens is 398 g/mol. The van der Waals surface area contributed by atoms with Crippen LogP contribution in [-0.4, -0.2) is 54.9 Å². The second kappa shape index (κ2) is 10.9. The summed E-state index contributed by atoms with van der Waals surface area (Å²) in [6, 6.07) is 0.518. The van der Waals surface area contributed by atoms with Crippen molar-refractivity contribution in [1.29, 1.82) is 0 Å². The number of nitrogens with one attached hydrogen (secondary N) is 2. The van der Waals surface area contributed by atoms with E-state index in [2.05, 4.69) is 4.98 Å². The van der Waals surface area contributed by atoms with Crippen molar-refractivity contribution in [2.24, 2.45) is 5.92 Å². The lowest BCUT2D eigenvalue weighted by molar-refractivity contribution is -0.928. The highest BCUT2D eigenvalue weighted by molar-refractivity contribution is 5.96. The van der Waals surface area contributed by atoms with Crippen molar-refractivity contribution >= 4 is 17.4 Å². The average Bonchev–Trinajstić information content (AvgIpc) is 2.76. The lowest BCUT2D eigenvalue weighted by Crippen LogP contribution is -3.18. The average molecular weight is 437 g/mol. The van der Waals surface area contributed by atoms with Crippen LogP contribution in [0.4, 0.5) is 11.5 Å². The molecule has 0 spiro atoms. The Kier molecular flexibility index (Phi) is 8.31. The lowest BCUT2D eigenvalue weighted by atomic mass is 9.78. The van der Waals surface area contributed by atoms with Crippen LogP contribution in [0.25, 0.3) is 0 Å². The van der Waals surface area contributed by atoms with Gasteiger partial charge < -0.3 is 15.4 Å². The number of unbranched alkanes of at least 4 members (excludes halogenated alkanes) is 1. The van der Waals surface area contributed by atoms with Crippen molar-refractivity contribution in [2.75, 3.05) is 44.0 Å². The number of anilines is 2. The van der Waals surface area contributed by atoms with Gasteiger partial charge in [0.15, 0.2) is 12.2 Å². The molecule has 1 aromatic rings. The molecule has 1 saturated heterocycles. The molecule has 1 aliphatic heterocycles. The van der Waals surface area contributed by atoms with Crippen LogP contribution in [0.2, 0.25) is 0 Å². The van der Waals surface area contributed by atoms with Crippen LogP contribution in [0.1, 0.15) is 58.3 Å². The summed E-state index contributed by atoms with van der Waals surface area (Å²) < 4.78 is 6.56. The van der Waals surface area contributed by atoms with Gasteiger partial charge in [0.25, 0.3) is 11.5 Å². The number of piperidine rings is 1. The van der Waals surface area contributed by atoms with Crippen molar-refractivity contribution < 1.29 is 14.4 Å². The number of amides is 1. The van der Waals surface area contributed by atoms with Gasteiger partial charge in [-0.15, -0.1) is 0 Å². The van der Waals surface area contributed by atoms with Crippen molar-refractivity contribution in [3.63, 3.8) is 0 Å². The first-order chi connectivity index (χ1) is 15.0. The molecule has 2 aliphatic rings. The van der Waals surface area contributed by atoms with Crippen LogP contribution in [0, 0.1) is 5.92 Å². The minimum atomic E-state index is -0.621. The minimum Gasteiger partial charge on any atom is -0.383 e. The maximum absolute atomic E-state index is 13.5. The number of likely N-dealkylation sites (tertiary alicyclic amines) is 1. The van der Waals surface area contributed by atoms with Gasteiger partial charge in [-0.1, -0.05) is 19.8 Å². The van der Waals surface area contributed by atoms with Gasteiger partial charge in [0, 0.05) is 26.1 Å². The van der Waals surface area contributed by atoms with Gasteiger partial charge in [-0.25, -0.2) is 4.79 Å². The Balaban J connectivity index is 1.88. The zero-order chi connectivity index (χ0) is 22.4. The summed E-state index contributed by atoms with van der Waals surface area (Å²) in [4.78, 5) is 43.6. The quantitative estimate of drug-likeness (QED) is 0.509. The number of nitrogens with zero attached hydrogens (tertiary/aromatic N) is 2. The fraction of sp³-hybridized carbons (Fsp3) is 0.773. The molecule has 1 aliphatic carbocycles. The van der Waals surface area contributed by atoms with E-state index in [1.807, 2.05) is 6.92 Å². The molecular formula is C22H38N5O4+. The first-order valence-corrected chi connectivity index (χ1v) is 11.7. The molecule has 1 aromatic heterocycles. The van der Waals surface area contributed by atoms with E-state index in [-0.39, 0.29) is 30.6 Å². The molecule has 3 rings (SSSR count). The molecule has 0 radical (unpaired) electrons. The predicted octanol–water partition coefficient (Wildman–Crippen LogP) is 0.136. The van der Waals surface area contributed by atoms with Crippen LogP contribution in [0.15, 0.2) is 9.59 Å². The smallest absolute Gasteiger partial charge is 0.330 e. The van der Waals surface area contributed by atoms with E-state index in [4.69, 9.17) is 10.5 Å². The number of methoxy groups -OCH3 is 1. The number of nitrogen functional groups attached to an aromatic ring is 1. The molecule has 2 heterocycles. The second-order valence-corrected chi connectivity index (χ2v) is 8.91. The van der Waals surface area contributed by atoms with Crippen LogP contribution >= 0.6 is 0 Å². The van der Waals surface area contributed by atoms with Crippen LogP contribution < -0.4 is 26.8 Å². The Bertz CT molecular complexity index is 862. The molecule has 3 atom stereocenters. The van der Waals surface area contributed by atoms with Crippen molar-refractivity contribution in [1.82, 2.24) is 9.55 Å². The first kappa shape index (κ1) is 23.5. The SMILES string of the molecule is CCCCn1c(N)c(N(CCOC)C(=O)C[NH+]2CCC[C@H]3CCCC[C@@H]32)c(=O)[nH]c1=O. The van der Waals surface area contributed by atoms with E-state index in [9.17, 15) is 14.4 Å². The molecule has 9 heteroatoms. The van der Waals surface area contributed by atoms with Gasteiger partial charge in [-0.05, 0) is 38.5 Å². The largest absolute Gasteiger partial charge is 0.383 e. The van der Waals surface area contributed by atoms with Crippen molar-refractivity contribution in [2.45, 2.75) is 70.9 Å². The third-order valence-electron chi connectivity index (χ3n) is 6.92. The van der Waals surface area contributed by atoms with Gasteiger partial charge in [-0.3, -0.25) is 24.0 Å². The number of aromatic amines is 1. The fourth-order valence-corrected chi connectivity index (χ4v) is 5.30. The Morgan fingerprint density at radius 1 is 1.26 bits per heavy atom. The summed E-state index contributed by atoms with van der Waals surface area (Å²) >= 11 is 0. The van der Waals surface area contributed by atoms with Crippen LogP contribution in [0.5, 0.6) is 0 Å². The van der Waals surface area contributed by atoms with E-state index < -0.39 is 11.2 Å². The molecule has 0 aromatic carbocycles. The summed E-state index contributed by atoms with van der Waals surface area (Å²) in [6.45, 7) is 4.22. The Morgan fingerprint density at radius 3 is 2.74 bits per heavy atom. The highest BCUT2D eigenvalue weighted by atomic mass is 16.5. The Morgan fingerprint density at radius 2 is 2.00 bits per heavy atom. The monoisotopic (exact) mass is 436 g/mol. The fourth-order valence-electron chi connectivity index (χ4n) is 5.30. The van der Waals surface area contributed by atoms with E-state index >= 15 is 0 Å². The Labute approximate surface area is 183 Å². The summed E-state index contributed by atoms with van der Waals surface area (Å²) in [5.41, 5.74) is 5.18. The normalized spacial score (nSPS) is 23.4. The third kappa shape index (κ3) is 5.38. The number of hydrogen-bond acceptors (Lipinski definition) is 5. The highest BCUT2D eigenvalue weighted by Crippen LogP contribution is 2.28.